The minimum atomic E-state index is 0.255. The molecule has 2 nitrogen and oxygen atoms in total. The molecule has 1 atom stereocenters. The van der Waals surface area contributed by atoms with Crippen LogP contribution < -0.4 is 4.90 Å². The number of fused-ring (bicyclic) bond motifs is 8. The van der Waals surface area contributed by atoms with E-state index in [1.165, 1.54) is 104 Å². The monoisotopic (exact) mass is 828 g/mol. The highest BCUT2D eigenvalue weighted by Crippen LogP contribution is 2.52. The fourth-order valence-electron chi connectivity index (χ4n) is 11.2. The van der Waals surface area contributed by atoms with Crippen LogP contribution in [0.15, 0.2) is 224 Å². The van der Waals surface area contributed by atoms with Crippen molar-refractivity contribution in [2.24, 2.45) is 0 Å². The molecule has 1 aliphatic rings. The van der Waals surface area contributed by atoms with Crippen molar-refractivity contribution < 1.29 is 0 Å². The molecule has 0 bridgehead atoms. The fourth-order valence-corrected chi connectivity index (χ4v) is 11.2. The Kier molecular flexibility index (Phi) is 8.60. The molecule has 306 valence electrons. The number of anilines is 3. The Morgan fingerprint density at radius 1 is 0.415 bits per heavy atom. The molecule has 1 aliphatic carbocycles. The smallest absolute Gasteiger partial charge is 0.0618 e. The Morgan fingerprint density at radius 3 is 1.57 bits per heavy atom. The third-order valence-electron chi connectivity index (χ3n) is 13.9. The summed E-state index contributed by atoms with van der Waals surface area (Å²) >= 11 is 0. The van der Waals surface area contributed by atoms with Gasteiger partial charge in [0, 0.05) is 44.5 Å². The zero-order valence-corrected chi connectivity index (χ0v) is 36.1. The molecule has 65 heavy (non-hydrogen) atoms. The van der Waals surface area contributed by atoms with E-state index in [1.54, 1.807) is 0 Å². The van der Waals surface area contributed by atoms with Crippen molar-refractivity contribution in [3.63, 3.8) is 0 Å². The number of aryl methyl sites for hydroxylation is 1. The molecule has 0 fully saturated rings. The topological polar surface area (TPSA) is 8.17 Å². The predicted octanol–water partition coefficient (Wildman–Crippen LogP) is 17.2. The van der Waals surface area contributed by atoms with Gasteiger partial charge in [0.1, 0.15) is 0 Å². The number of hydrogen-bond acceptors (Lipinski definition) is 1. The lowest BCUT2D eigenvalue weighted by Gasteiger charge is -2.30. The third kappa shape index (κ3) is 5.88. The van der Waals surface area contributed by atoms with Crippen LogP contribution in [0.1, 0.15) is 28.2 Å². The highest BCUT2D eigenvalue weighted by molar-refractivity contribution is 6.28. The average molecular weight is 829 g/mol. The van der Waals surface area contributed by atoms with Crippen molar-refractivity contribution >= 4 is 88.0 Å². The van der Waals surface area contributed by atoms with E-state index >= 15 is 0 Å². The van der Waals surface area contributed by atoms with Crippen LogP contribution in [0.4, 0.5) is 17.1 Å². The molecule has 1 heterocycles. The molecule has 0 N–H and O–H groups in total. The lowest BCUT2D eigenvalue weighted by Crippen LogP contribution is -2.12. The van der Waals surface area contributed by atoms with Gasteiger partial charge in [-0.15, -0.1) is 0 Å². The number of para-hydroxylation sites is 3. The Morgan fingerprint density at radius 2 is 0.908 bits per heavy atom. The summed E-state index contributed by atoms with van der Waals surface area (Å²) in [6.07, 6.45) is 5.76. The van der Waals surface area contributed by atoms with Gasteiger partial charge in [-0.05, 0) is 122 Å². The lowest BCUT2D eigenvalue weighted by atomic mass is 9.77. The third-order valence-corrected chi connectivity index (χ3v) is 13.9. The number of benzene rings is 11. The van der Waals surface area contributed by atoms with Gasteiger partial charge in [0.15, 0.2) is 0 Å². The highest BCUT2D eigenvalue weighted by atomic mass is 15.1. The van der Waals surface area contributed by atoms with Crippen molar-refractivity contribution in [1.29, 1.82) is 0 Å². The fraction of sp³-hybridized carbons (Fsp3) is 0.0476. The zero-order chi connectivity index (χ0) is 43.0. The zero-order valence-electron chi connectivity index (χ0n) is 36.1. The van der Waals surface area contributed by atoms with Crippen LogP contribution in [-0.4, -0.2) is 4.57 Å². The van der Waals surface area contributed by atoms with Crippen LogP contribution in [0.5, 0.6) is 0 Å². The largest absolute Gasteiger partial charge is 0.309 e. The Balaban J connectivity index is 1.07. The Hall–Kier alpha value is -8.20. The first kappa shape index (κ1) is 37.4. The number of aromatic nitrogens is 1. The van der Waals surface area contributed by atoms with E-state index in [0.29, 0.717) is 0 Å². The number of nitrogens with zero attached hydrogens (tertiary/aromatic N) is 2. The van der Waals surface area contributed by atoms with E-state index < -0.39 is 0 Å². The second-order valence-electron chi connectivity index (χ2n) is 17.6. The number of hydrogen-bond donors (Lipinski definition) is 0. The first-order chi connectivity index (χ1) is 32.2. The summed E-state index contributed by atoms with van der Waals surface area (Å²) in [6, 6.07) is 80.9. The molecule has 2 heteroatoms. The summed E-state index contributed by atoms with van der Waals surface area (Å²) in [5.41, 5.74) is 14.9. The minimum Gasteiger partial charge on any atom is -0.309 e. The molecular formula is C63H44N2. The molecule has 1 unspecified atom stereocenters. The van der Waals surface area contributed by atoms with Crippen molar-refractivity contribution in [1.82, 2.24) is 4.57 Å². The molecule has 1 aromatic heterocycles. The van der Waals surface area contributed by atoms with Gasteiger partial charge in [-0.25, -0.2) is 0 Å². The summed E-state index contributed by atoms with van der Waals surface area (Å²) in [4.78, 5) is 2.47. The minimum absolute atomic E-state index is 0.255. The maximum atomic E-state index is 2.47. The summed E-state index contributed by atoms with van der Waals surface area (Å²) in [6.45, 7) is 2.23. The molecule has 13 rings (SSSR count). The molecule has 12 aromatic rings. The van der Waals surface area contributed by atoms with E-state index in [4.69, 9.17) is 0 Å². The van der Waals surface area contributed by atoms with Gasteiger partial charge < -0.3 is 9.47 Å². The summed E-state index contributed by atoms with van der Waals surface area (Å²) in [5.74, 6) is 0.255. The standard InChI is InChI=1S/C63H44N2/c1-41-31-38-54-57(39-41)62(51-24-8-7-23-50(51)60(54)44-33-32-42-17-5-6-18-43(42)40-44)61-52-25-9-11-27-55(52)63(56-28-12-10-26-53(56)61)64(45-19-3-2-4-20-45)46-34-36-47(37-35-46)65-58-29-15-13-21-48(58)49-22-14-16-30-59(49)65/h2-39,44H,40H2,1H3. The number of rotatable bonds is 6. The van der Waals surface area contributed by atoms with E-state index in [2.05, 4.69) is 247 Å². The van der Waals surface area contributed by atoms with E-state index in [9.17, 15) is 0 Å². The second-order valence-corrected chi connectivity index (χ2v) is 17.6. The quantitative estimate of drug-likeness (QED) is 0.152. The maximum Gasteiger partial charge on any atom is 0.0618 e. The molecule has 0 spiro atoms. The predicted molar refractivity (Wildman–Crippen MR) is 278 cm³/mol. The van der Waals surface area contributed by atoms with Crippen molar-refractivity contribution in [2.75, 3.05) is 4.90 Å². The van der Waals surface area contributed by atoms with Crippen LogP contribution in [-0.2, 0) is 6.42 Å². The maximum absolute atomic E-state index is 2.47. The highest BCUT2D eigenvalue weighted by Gasteiger charge is 2.27. The van der Waals surface area contributed by atoms with E-state index in [0.717, 1.165) is 23.5 Å². The van der Waals surface area contributed by atoms with Gasteiger partial charge in [-0.1, -0.05) is 188 Å². The molecule has 0 radical (unpaired) electrons. The Labute approximate surface area is 378 Å². The van der Waals surface area contributed by atoms with Crippen LogP contribution >= 0.6 is 0 Å². The lowest BCUT2D eigenvalue weighted by molar-refractivity contribution is 0.841. The van der Waals surface area contributed by atoms with Gasteiger partial charge in [0.05, 0.1) is 16.7 Å². The molecular weight excluding hydrogens is 785 g/mol. The molecule has 0 amide bonds. The van der Waals surface area contributed by atoms with E-state index in [1.807, 2.05) is 0 Å². The molecule has 0 aliphatic heterocycles. The summed E-state index contributed by atoms with van der Waals surface area (Å²) < 4.78 is 2.39. The van der Waals surface area contributed by atoms with Crippen LogP contribution in [0.25, 0.3) is 87.8 Å². The second kappa shape index (κ2) is 15.0. The van der Waals surface area contributed by atoms with Gasteiger partial charge in [0.25, 0.3) is 0 Å². The molecule has 0 saturated heterocycles. The average Bonchev–Trinajstić information content (AvgIpc) is 3.70. The first-order valence-corrected chi connectivity index (χ1v) is 22.8. The van der Waals surface area contributed by atoms with Crippen molar-refractivity contribution in [3.05, 3.63) is 247 Å². The van der Waals surface area contributed by atoms with Crippen LogP contribution in [0.3, 0.4) is 0 Å². The van der Waals surface area contributed by atoms with Crippen LogP contribution in [0, 0.1) is 6.92 Å². The number of allylic oxidation sites excluding steroid dienone is 1. The van der Waals surface area contributed by atoms with Gasteiger partial charge in [-0.2, -0.15) is 0 Å². The van der Waals surface area contributed by atoms with Gasteiger partial charge in [0.2, 0.25) is 0 Å². The van der Waals surface area contributed by atoms with Gasteiger partial charge >= 0.3 is 0 Å². The SMILES string of the molecule is Cc1ccc2c(C3C=Cc4ccccc4C3)c3ccccc3c(-c3c4ccccc4c(N(c4ccccc4)c4ccc(-n5c6ccccc6c6ccccc65)cc4)c4ccccc34)c2c1. The Bertz CT molecular complexity index is 3760. The van der Waals surface area contributed by atoms with Crippen LogP contribution in [0.2, 0.25) is 0 Å². The van der Waals surface area contributed by atoms with Crippen molar-refractivity contribution in [3.8, 4) is 16.8 Å². The molecule has 0 saturated carbocycles. The van der Waals surface area contributed by atoms with E-state index in [-0.39, 0.29) is 5.92 Å². The normalized spacial score (nSPS) is 13.6. The summed E-state index contributed by atoms with van der Waals surface area (Å²) in [7, 11) is 0. The first-order valence-electron chi connectivity index (χ1n) is 22.8. The van der Waals surface area contributed by atoms with Crippen molar-refractivity contribution in [2.45, 2.75) is 19.3 Å². The molecule has 11 aromatic carbocycles. The van der Waals surface area contributed by atoms with Gasteiger partial charge in [-0.3, -0.25) is 0 Å². The summed E-state index contributed by atoms with van der Waals surface area (Å²) in [5, 5.41) is 12.6.